The van der Waals surface area contributed by atoms with Crippen LogP contribution in [0, 0.1) is 0 Å². The van der Waals surface area contributed by atoms with Crippen LogP contribution in [0.4, 0.5) is 0 Å². The monoisotopic (exact) mass is 300 g/mol. The number of fused-ring (bicyclic) bond motifs is 1. The molecule has 1 aromatic carbocycles. The van der Waals surface area contributed by atoms with E-state index in [1.807, 2.05) is 24.4 Å². The van der Waals surface area contributed by atoms with E-state index in [2.05, 4.69) is 16.8 Å². The summed E-state index contributed by atoms with van der Waals surface area (Å²) < 4.78 is 5.23. The van der Waals surface area contributed by atoms with Gasteiger partial charge in [-0.15, -0.1) is 0 Å². The number of hydrogen-bond acceptors (Lipinski definition) is 3. The van der Waals surface area contributed by atoms with E-state index in [9.17, 15) is 4.79 Å². The van der Waals surface area contributed by atoms with Crippen molar-refractivity contribution < 1.29 is 9.53 Å². The third kappa shape index (κ3) is 2.88. The zero-order chi connectivity index (χ0) is 15.5. The maximum absolute atomic E-state index is 12.7. The van der Waals surface area contributed by atoms with Gasteiger partial charge in [0.05, 0.1) is 13.7 Å². The lowest BCUT2D eigenvalue weighted by Crippen LogP contribution is -2.42. The van der Waals surface area contributed by atoms with Crippen molar-refractivity contribution >= 4 is 16.7 Å². The highest BCUT2D eigenvalue weighted by Gasteiger charge is 2.24. The van der Waals surface area contributed by atoms with Gasteiger partial charge < -0.3 is 9.72 Å². The van der Waals surface area contributed by atoms with Crippen LogP contribution >= 0.6 is 0 Å². The summed E-state index contributed by atoms with van der Waals surface area (Å²) in [6.45, 7) is 3.78. The maximum atomic E-state index is 12.7. The Labute approximate surface area is 131 Å². The minimum Gasteiger partial charge on any atom is -0.497 e. The van der Waals surface area contributed by atoms with Crippen molar-refractivity contribution in [1.29, 1.82) is 0 Å². The average Bonchev–Trinajstić information content (AvgIpc) is 2.98. The summed E-state index contributed by atoms with van der Waals surface area (Å²) in [6, 6.07) is 6.36. The van der Waals surface area contributed by atoms with E-state index in [0.29, 0.717) is 12.6 Å². The SMILES string of the molecule is CC[C@@H]1CCCCN1CC(=O)c1c[nH]c2cc(OC)ccc12. The molecule has 1 atom stereocenters. The van der Waals surface area contributed by atoms with E-state index in [1.54, 1.807) is 7.11 Å². The van der Waals surface area contributed by atoms with Crippen molar-refractivity contribution in [3.05, 3.63) is 30.0 Å². The highest BCUT2D eigenvalue weighted by molar-refractivity contribution is 6.09. The van der Waals surface area contributed by atoms with Gasteiger partial charge in [0.2, 0.25) is 0 Å². The van der Waals surface area contributed by atoms with Crippen LogP contribution in [0.3, 0.4) is 0 Å². The number of ether oxygens (including phenoxy) is 1. The van der Waals surface area contributed by atoms with Gasteiger partial charge in [-0.25, -0.2) is 0 Å². The highest BCUT2D eigenvalue weighted by Crippen LogP contribution is 2.25. The number of benzene rings is 1. The molecule has 118 valence electrons. The molecule has 0 saturated carbocycles. The number of nitrogens with one attached hydrogen (secondary N) is 1. The van der Waals surface area contributed by atoms with Crippen molar-refractivity contribution in [2.45, 2.75) is 38.6 Å². The number of piperidine rings is 1. The Morgan fingerprint density at radius 1 is 1.41 bits per heavy atom. The molecular formula is C18H24N2O2. The summed E-state index contributed by atoms with van der Waals surface area (Å²) in [5.41, 5.74) is 1.74. The van der Waals surface area contributed by atoms with E-state index in [4.69, 9.17) is 4.74 Å². The molecule has 4 nitrogen and oxygen atoms in total. The second-order valence-corrected chi connectivity index (χ2v) is 6.07. The molecule has 0 amide bonds. The van der Waals surface area contributed by atoms with Gasteiger partial charge in [0.15, 0.2) is 5.78 Å². The third-order valence-corrected chi connectivity index (χ3v) is 4.76. The fourth-order valence-corrected chi connectivity index (χ4v) is 3.46. The second kappa shape index (κ2) is 6.53. The summed E-state index contributed by atoms with van der Waals surface area (Å²) in [5.74, 6) is 1.01. The van der Waals surface area contributed by atoms with Gasteiger partial charge >= 0.3 is 0 Å². The Kier molecular flexibility index (Phi) is 4.48. The number of carbonyl (C=O) groups is 1. The first kappa shape index (κ1) is 15.1. The van der Waals surface area contributed by atoms with E-state index in [-0.39, 0.29) is 5.78 Å². The summed E-state index contributed by atoms with van der Waals surface area (Å²) >= 11 is 0. The van der Waals surface area contributed by atoms with Crippen molar-refractivity contribution in [3.63, 3.8) is 0 Å². The summed E-state index contributed by atoms with van der Waals surface area (Å²) in [4.78, 5) is 18.3. The molecule has 2 aromatic rings. The van der Waals surface area contributed by atoms with Crippen LogP contribution in [0.15, 0.2) is 24.4 Å². The summed E-state index contributed by atoms with van der Waals surface area (Å²) in [7, 11) is 1.65. The molecule has 3 rings (SSSR count). The van der Waals surface area contributed by atoms with Crippen molar-refractivity contribution in [3.8, 4) is 5.75 Å². The molecule has 1 fully saturated rings. The first-order valence-corrected chi connectivity index (χ1v) is 8.15. The number of Topliss-reactive ketones (excluding diaryl/α,β-unsaturated/α-hetero) is 1. The molecule has 2 heterocycles. The highest BCUT2D eigenvalue weighted by atomic mass is 16.5. The van der Waals surface area contributed by atoms with Gasteiger partial charge in [-0.2, -0.15) is 0 Å². The number of aromatic amines is 1. The Hall–Kier alpha value is -1.81. The standard InChI is InChI=1S/C18H24N2O2/c1-3-13-6-4-5-9-20(13)12-18(21)16-11-19-17-10-14(22-2)7-8-15(16)17/h7-8,10-11,13,19H,3-6,9,12H2,1-2H3/t13-/m1/s1. The fourth-order valence-electron chi connectivity index (χ4n) is 3.46. The predicted octanol–water partition coefficient (Wildman–Crippen LogP) is 3.62. The molecule has 1 aliphatic heterocycles. The Morgan fingerprint density at radius 3 is 3.05 bits per heavy atom. The number of aromatic nitrogens is 1. The van der Waals surface area contributed by atoms with Gasteiger partial charge in [-0.1, -0.05) is 13.3 Å². The molecule has 0 spiro atoms. The quantitative estimate of drug-likeness (QED) is 0.858. The molecule has 1 N–H and O–H groups in total. The molecular weight excluding hydrogens is 276 g/mol. The predicted molar refractivity (Wildman–Crippen MR) is 88.7 cm³/mol. The smallest absolute Gasteiger partial charge is 0.178 e. The minimum absolute atomic E-state index is 0.205. The molecule has 1 aromatic heterocycles. The van der Waals surface area contributed by atoms with Gasteiger partial charge in [0.1, 0.15) is 5.75 Å². The second-order valence-electron chi connectivity index (χ2n) is 6.07. The summed E-state index contributed by atoms with van der Waals surface area (Å²) in [5, 5.41) is 0.982. The van der Waals surface area contributed by atoms with Gasteiger partial charge in [-0.3, -0.25) is 9.69 Å². The Morgan fingerprint density at radius 2 is 2.27 bits per heavy atom. The van der Waals surface area contributed by atoms with Crippen molar-refractivity contribution in [1.82, 2.24) is 9.88 Å². The van der Waals surface area contributed by atoms with E-state index in [0.717, 1.165) is 35.2 Å². The van der Waals surface area contributed by atoms with Crippen LogP contribution in [-0.2, 0) is 0 Å². The lowest BCUT2D eigenvalue weighted by Gasteiger charge is -2.34. The molecule has 4 heteroatoms. The molecule has 0 aliphatic carbocycles. The Balaban J connectivity index is 1.80. The number of ketones is 1. The molecule has 1 aliphatic rings. The topological polar surface area (TPSA) is 45.3 Å². The van der Waals surface area contributed by atoms with Gasteiger partial charge in [-0.05, 0) is 37.9 Å². The molecule has 0 unspecified atom stereocenters. The van der Waals surface area contributed by atoms with Gasteiger partial charge in [0.25, 0.3) is 0 Å². The van der Waals surface area contributed by atoms with Crippen LogP contribution in [0.25, 0.3) is 10.9 Å². The number of likely N-dealkylation sites (tertiary alicyclic amines) is 1. The average molecular weight is 300 g/mol. The van der Waals surface area contributed by atoms with E-state index >= 15 is 0 Å². The molecule has 0 bridgehead atoms. The third-order valence-electron chi connectivity index (χ3n) is 4.76. The fraction of sp³-hybridized carbons (Fsp3) is 0.500. The number of hydrogen-bond donors (Lipinski definition) is 1. The number of rotatable bonds is 5. The first-order valence-electron chi connectivity index (χ1n) is 8.15. The normalized spacial score (nSPS) is 19.5. The molecule has 1 saturated heterocycles. The van der Waals surface area contributed by atoms with E-state index < -0.39 is 0 Å². The molecule has 0 radical (unpaired) electrons. The maximum Gasteiger partial charge on any atom is 0.178 e. The zero-order valence-electron chi connectivity index (χ0n) is 13.4. The van der Waals surface area contributed by atoms with Crippen molar-refractivity contribution in [2.75, 3.05) is 20.2 Å². The zero-order valence-corrected chi connectivity index (χ0v) is 13.4. The largest absolute Gasteiger partial charge is 0.497 e. The lowest BCUT2D eigenvalue weighted by molar-refractivity contribution is 0.0840. The van der Waals surface area contributed by atoms with Crippen molar-refractivity contribution in [2.24, 2.45) is 0 Å². The number of methoxy groups -OCH3 is 1. The molecule has 22 heavy (non-hydrogen) atoms. The number of carbonyl (C=O) groups excluding carboxylic acids is 1. The van der Waals surface area contributed by atoms with Crippen LogP contribution in [0.1, 0.15) is 43.0 Å². The van der Waals surface area contributed by atoms with Crippen LogP contribution in [-0.4, -0.2) is 41.9 Å². The Bertz CT molecular complexity index is 662. The lowest BCUT2D eigenvalue weighted by atomic mass is 9.99. The van der Waals surface area contributed by atoms with Crippen LogP contribution in [0.5, 0.6) is 5.75 Å². The first-order chi connectivity index (χ1) is 10.7. The number of nitrogens with zero attached hydrogens (tertiary/aromatic N) is 1. The van der Waals surface area contributed by atoms with Gasteiger partial charge in [0, 0.05) is 34.8 Å². The van der Waals surface area contributed by atoms with Crippen LogP contribution in [0.2, 0.25) is 0 Å². The van der Waals surface area contributed by atoms with E-state index in [1.165, 1.54) is 19.3 Å². The van der Waals surface area contributed by atoms with Crippen LogP contribution < -0.4 is 4.74 Å². The summed E-state index contributed by atoms with van der Waals surface area (Å²) in [6.07, 6.45) is 6.66. The number of H-pyrrole nitrogens is 1. The minimum atomic E-state index is 0.205.